The third kappa shape index (κ3) is 7.92. The molecule has 0 amide bonds. The molecule has 2 N–H and O–H groups in total. The van der Waals surface area contributed by atoms with E-state index >= 15 is 0 Å². The molecule has 0 radical (unpaired) electrons. The lowest BCUT2D eigenvalue weighted by Gasteiger charge is -2.18. The zero-order valence-corrected chi connectivity index (χ0v) is 16.3. The van der Waals surface area contributed by atoms with Crippen molar-refractivity contribution in [3.05, 3.63) is 12.2 Å². The van der Waals surface area contributed by atoms with Crippen molar-refractivity contribution >= 4 is 29.9 Å². The first-order chi connectivity index (χ1) is 10.2. The summed E-state index contributed by atoms with van der Waals surface area (Å²) in [5.74, 6) is 1.83. The minimum atomic E-state index is 0. The molecule has 7 nitrogen and oxygen atoms in total. The molecule has 0 bridgehead atoms. The normalized spacial score (nSPS) is 12.6. The summed E-state index contributed by atoms with van der Waals surface area (Å²) in [7, 11) is 1.70. The molecule has 128 valence electrons. The summed E-state index contributed by atoms with van der Waals surface area (Å²) in [6.07, 6.45) is 3.68. The molecule has 8 heteroatoms. The second-order valence-electron chi connectivity index (χ2n) is 4.95. The number of aromatic nitrogens is 3. The van der Waals surface area contributed by atoms with Crippen LogP contribution < -0.4 is 10.6 Å². The first-order valence-corrected chi connectivity index (χ1v) is 7.61. The van der Waals surface area contributed by atoms with E-state index in [1.54, 1.807) is 13.4 Å². The Morgan fingerprint density at radius 2 is 2.23 bits per heavy atom. The lowest BCUT2D eigenvalue weighted by Crippen LogP contribution is -2.45. The average molecular weight is 424 g/mol. The third-order valence-electron chi connectivity index (χ3n) is 2.95. The van der Waals surface area contributed by atoms with Gasteiger partial charge >= 0.3 is 0 Å². The molecule has 0 saturated carbocycles. The van der Waals surface area contributed by atoms with Crippen molar-refractivity contribution in [2.24, 2.45) is 4.99 Å². The van der Waals surface area contributed by atoms with Gasteiger partial charge in [-0.2, -0.15) is 0 Å². The Kier molecular flexibility index (Phi) is 12.1. The number of aryl methyl sites for hydroxylation is 1. The van der Waals surface area contributed by atoms with Gasteiger partial charge in [-0.15, -0.1) is 34.2 Å². The van der Waals surface area contributed by atoms with E-state index in [-0.39, 0.29) is 30.0 Å². The Hall–Kier alpha value is -0.900. The predicted octanol–water partition coefficient (Wildman–Crippen LogP) is 1.44. The number of hydrogen-bond donors (Lipinski definition) is 2. The number of nitrogens with one attached hydrogen (secondary N) is 2. The summed E-state index contributed by atoms with van der Waals surface area (Å²) in [6, 6.07) is 0.222. The number of hydrogen-bond acceptors (Lipinski definition) is 4. The van der Waals surface area contributed by atoms with E-state index in [9.17, 15) is 0 Å². The number of methoxy groups -OCH3 is 1. The summed E-state index contributed by atoms with van der Waals surface area (Å²) in [6.45, 7) is 9.32. The third-order valence-corrected chi connectivity index (χ3v) is 2.95. The van der Waals surface area contributed by atoms with Gasteiger partial charge in [-0.05, 0) is 13.3 Å². The predicted molar refractivity (Wildman–Crippen MR) is 99.9 cm³/mol. The van der Waals surface area contributed by atoms with E-state index in [1.807, 2.05) is 0 Å². The molecule has 0 spiro atoms. The smallest absolute Gasteiger partial charge is 0.191 e. The number of nitrogens with zero attached hydrogens (tertiary/aromatic N) is 4. The topological polar surface area (TPSA) is 76.4 Å². The molecule has 22 heavy (non-hydrogen) atoms. The van der Waals surface area contributed by atoms with Crippen LogP contribution in [-0.4, -0.2) is 53.6 Å². The molecule has 0 saturated heterocycles. The van der Waals surface area contributed by atoms with Gasteiger partial charge in [0, 0.05) is 39.2 Å². The quantitative estimate of drug-likeness (QED) is 0.357. The van der Waals surface area contributed by atoms with Crippen LogP contribution in [0.5, 0.6) is 0 Å². The maximum Gasteiger partial charge on any atom is 0.191 e. The highest BCUT2D eigenvalue weighted by atomic mass is 127. The van der Waals surface area contributed by atoms with E-state index < -0.39 is 0 Å². The maximum absolute atomic E-state index is 5.14. The van der Waals surface area contributed by atoms with Crippen LogP contribution in [0.25, 0.3) is 0 Å². The minimum absolute atomic E-state index is 0. The summed E-state index contributed by atoms with van der Waals surface area (Å²) in [5, 5.41) is 14.7. The molecule has 1 unspecified atom stereocenters. The zero-order valence-electron chi connectivity index (χ0n) is 14.0. The molecular weight excluding hydrogens is 395 g/mol. The van der Waals surface area contributed by atoms with E-state index in [0.717, 1.165) is 44.3 Å². The van der Waals surface area contributed by atoms with Gasteiger partial charge in [0.2, 0.25) is 0 Å². The average Bonchev–Trinajstić information content (AvgIpc) is 2.92. The number of guanidine groups is 1. The molecule has 1 aromatic rings. The number of halogens is 1. The Bertz CT molecular complexity index is 423. The fraction of sp³-hybridized carbons (Fsp3) is 0.786. The van der Waals surface area contributed by atoms with Gasteiger partial charge in [0.25, 0.3) is 0 Å². The first kappa shape index (κ1) is 21.1. The van der Waals surface area contributed by atoms with Gasteiger partial charge in [-0.25, -0.2) is 0 Å². The van der Waals surface area contributed by atoms with Crippen molar-refractivity contribution in [2.45, 2.75) is 46.2 Å². The van der Waals surface area contributed by atoms with E-state index in [2.05, 4.69) is 51.2 Å². The van der Waals surface area contributed by atoms with Crippen LogP contribution in [0.3, 0.4) is 0 Å². The summed E-state index contributed by atoms with van der Waals surface area (Å²) in [5.41, 5.74) is 0. The van der Waals surface area contributed by atoms with Crippen molar-refractivity contribution in [1.29, 1.82) is 0 Å². The Balaban J connectivity index is 0.00000441. The van der Waals surface area contributed by atoms with Gasteiger partial charge in [0.1, 0.15) is 12.2 Å². The Morgan fingerprint density at radius 1 is 1.45 bits per heavy atom. The van der Waals surface area contributed by atoms with Crippen molar-refractivity contribution in [3.63, 3.8) is 0 Å². The molecular formula is C14H29IN6O. The van der Waals surface area contributed by atoms with Gasteiger partial charge in [-0.1, -0.05) is 13.8 Å². The van der Waals surface area contributed by atoms with Gasteiger partial charge in [-0.3, -0.25) is 4.99 Å². The molecule has 1 rings (SSSR count). The molecule has 1 aromatic heterocycles. The first-order valence-electron chi connectivity index (χ1n) is 7.61. The second-order valence-corrected chi connectivity index (χ2v) is 4.95. The fourth-order valence-electron chi connectivity index (χ4n) is 1.94. The SMILES string of the molecule is CCCN=C(NCCn1cnnc1CC)NC(C)COC.I. The van der Waals surface area contributed by atoms with Crippen LogP contribution in [0.1, 0.15) is 33.0 Å². The molecule has 0 aromatic carbocycles. The van der Waals surface area contributed by atoms with Crippen LogP contribution in [0.4, 0.5) is 0 Å². The summed E-state index contributed by atoms with van der Waals surface area (Å²) >= 11 is 0. The van der Waals surface area contributed by atoms with Crippen LogP contribution in [-0.2, 0) is 17.7 Å². The second kappa shape index (κ2) is 12.6. The highest BCUT2D eigenvalue weighted by Gasteiger charge is 2.06. The van der Waals surface area contributed by atoms with Crippen molar-refractivity contribution < 1.29 is 4.74 Å². The fourth-order valence-corrected chi connectivity index (χ4v) is 1.94. The molecule has 1 heterocycles. The zero-order chi connectivity index (χ0) is 15.5. The standard InChI is InChI=1S/C14H28N6O.HI/c1-5-7-15-14(18-12(3)10-21-4)16-8-9-20-11-17-19-13(20)6-2;/h11-12H,5-10H2,1-4H3,(H2,15,16,18);1H. The van der Waals surface area contributed by atoms with Crippen LogP contribution in [0.2, 0.25) is 0 Å². The van der Waals surface area contributed by atoms with E-state index in [0.29, 0.717) is 6.61 Å². The molecule has 1 atom stereocenters. The highest BCUT2D eigenvalue weighted by molar-refractivity contribution is 14.0. The van der Waals surface area contributed by atoms with Crippen LogP contribution in [0, 0.1) is 0 Å². The van der Waals surface area contributed by atoms with Crippen molar-refractivity contribution in [1.82, 2.24) is 25.4 Å². The van der Waals surface area contributed by atoms with Crippen molar-refractivity contribution in [2.75, 3.05) is 26.8 Å². The number of rotatable bonds is 9. The van der Waals surface area contributed by atoms with E-state index in [4.69, 9.17) is 4.74 Å². The maximum atomic E-state index is 5.14. The Morgan fingerprint density at radius 3 is 2.86 bits per heavy atom. The van der Waals surface area contributed by atoms with Gasteiger partial charge in [0.05, 0.1) is 6.61 Å². The number of aliphatic imine (C=N–C) groups is 1. The highest BCUT2D eigenvalue weighted by Crippen LogP contribution is 1.94. The summed E-state index contributed by atoms with van der Waals surface area (Å²) < 4.78 is 7.20. The molecule has 0 fully saturated rings. The lowest BCUT2D eigenvalue weighted by molar-refractivity contribution is 0.179. The van der Waals surface area contributed by atoms with Crippen LogP contribution in [0.15, 0.2) is 11.3 Å². The molecule has 0 aliphatic carbocycles. The number of ether oxygens (including phenoxy) is 1. The van der Waals surface area contributed by atoms with Crippen LogP contribution >= 0.6 is 24.0 Å². The molecule has 0 aliphatic heterocycles. The van der Waals surface area contributed by atoms with E-state index in [1.165, 1.54) is 0 Å². The monoisotopic (exact) mass is 424 g/mol. The van der Waals surface area contributed by atoms with Gasteiger partial charge in [0.15, 0.2) is 5.96 Å². The lowest BCUT2D eigenvalue weighted by atomic mass is 10.4. The van der Waals surface area contributed by atoms with Crippen molar-refractivity contribution in [3.8, 4) is 0 Å². The summed E-state index contributed by atoms with van der Waals surface area (Å²) in [4.78, 5) is 4.52. The largest absolute Gasteiger partial charge is 0.383 e. The molecule has 0 aliphatic rings. The van der Waals surface area contributed by atoms with Gasteiger partial charge < -0.3 is 19.9 Å². The Labute approximate surface area is 150 Å². The minimum Gasteiger partial charge on any atom is -0.383 e.